The van der Waals surface area contributed by atoms with Crippen LogP contribution in [0.2, 0.25) is 0 Å². The average molecular weight is 221 g/mol. The highest BCUT2D eigenvalue weighted by molar-refractivity contribution is 7.86. The van der Waals surface area contributed by atoms with Gasteiger partial charge in [-0.1, -0.05) is 0 Å². The summed E-state index contributed by atoms with van der Waals surface area (Å²) in [5.74, 6) is -0.900. The van der Waals surface area contributed by atoms with Crippen molar-refractivity contribution in [3.8, 4) is 0 Å². The Morgan fingerprint density at radius 1 is 1.57 bits per heavy atom. The molecule has 0 radical (unpaired) electrons. The Bertz CT molecular complexity index is 376. The van der Waals surface area contributed by atoms with Gasteiger partial charge >= 0.3 is 10.2 Å². The quantitative estimate of drug-likeness (QED) is 0.508. The minimum Gasteiger partial charge on any atom is -0.338 e. The molecule has 2 aliphatic rings. The van der Waals surface area contributed by atoms with Crippen molar-refractivity contribution in [2.24, 2.45) is 5.41 Å². The van der Waals surface area contributed by atoms with Crippen molar-refractivity contribution in [2.45, 2.75) is 25.8 Å². The zero-order valence-corrected chi connectivity index (χ0v) is 8.68. The van der Waals surface area contributed by atoms with Crippen molar-refractivity contribution >= 4 is 16.1 Å². The maximum absolute atomic E-state index is 12.4. The third kappa shape index (κ3) is 1.63. The Morgan fingerprint density at radius 2 is 2.14 bits per heavy atom. The lowest BCUT2D eigenvalue weighted by Crippen LogP contribution is -2.63. The van der Waals surface area contributed by atoms with E-state index in [0.29, 0.717) is 6.54 Å². The molecule has 0 bridgehead atoms. The number of carbonyl (C=O) groups excluding carboxylic acids is 1. The van der Waals surface area contributed by atoms with E-state index < -0.39 is 21.4 Å². The summed E-state index contributed by atoms with van der Waals surface area (Å²) in [6, 6.07) is 0.290. The Hall–Kier alpha value is -0.650. The molecule has 0 spiro atoms. The van der Waals surface area contributed by atoms with E-state index in [-0.39, 0.29) is 11.9 Å². The normalized spacial score (nSPS) is 33.0. The van der Waals surface area contributed by atoms with Crippen LogP contribution in [-0.4, -0.2) is 37.6 Å². The summed E-state index contributed by atoms with van der Waals surface area (Å²) >= 11 is 0. The number of likely N-dealkylation sites (tertiary alicyclic amines) is 1. The number of hydrogen-bond acceptors (Lipinski definition) is 3. The van der Waals surface area contributed by atoms with Crippen LogP contribution in [0.15, 0.2) is 0 Å². The largest absolute Gasteiger partial charge is 0.338 e. The second-order valence-corrected chi connectivity index (χ2v) is 5.77. The van der Waals surface area contributed by atoms with Crippen LogP contribution in [0, 0.1) is 5.41 Å². The topological polar surface area (TPSA) is 54.5 Å². The zero-order chi connectivity index (χ0) is 10.6. The summed E-state index contributed by atoms with van der Waals surface area (Å²) in [7, 11) is -4.55. The van der Waals surface area contributed by atoms with Crippen molar-refractivity contribution < 1.29 is 17.1 Å². The summed E-state index contributed by atoms with van der Waals surface area (Å²) in [6.45, 7) is 1.88. The minimum atomic E-state index is -4.55. The molecule has 1 saturated heterocycles. The molecule has 2 rings (SSSR count). The smallest absolute Gasteiger partial charge is 0.303 e. The second kappa shape index (κ2) is 2.68. The predicted octanol–water partition coefficient (Wildman–Crippen LogP) is 0.297. The van der Waals surface area contributed by atoms with E-state index in [1.54, 1.807) is 4.90 Å². The fourth-order valence-corrected chi connectivity index (χ4v) is 2.92. The van der Waals surface area contributed by atoms with Crippen molar-refractivity contribution in [3.05, 3.63) is 0 Å². The molecule has 1 aliphatic heterocycles. The van der Waals surface area contributed by atoms with Crippen LogP contribution in [0.5, 0.6) is 0 Å². The lowest BCUT2D eigenvalue weighted by atomic mass is 9.82. The summed E-state index contributed by atoms with van der Waals surface area (Å²) in [5.41, 5.74) is -1.02. The first-order chi connectivity index (χ1) is 6.32. The Kier molecular flexibility index (Phi) is 1.90. The highest BCUT2D eigenvalue weighted by Gasteiger charge is 2.54. The Labute approximate surface area is 82.3 Å². The number of rotatable bonds is 3. The highest BCUT2D eigenvalue weighted by Crippen LogP contribution is 2.41. The molecule has 1 saturated carbocycles. The van der Waals surface area contributed by atoms with Crippen LogP contribution >= 0.6 is 0 Å². The van der Waals surface area contributed by atoms with Crippen molar-refractivity contribution in [2.75, 3.05) is 12.3 Å². The summed E-state index contributed by atoms with van der Waals surface area (Å²) in [5, 5.41) is 0. The molecule has 0 aromatic heterocycles. The molecule has 1 unspecified atom stereocenters. The van der Waals surface area contributed by atoms with Gasteiger partial charge in [0.25, 0.3) is 0 Å². The van der Waals surface area contributed by atoms with Crippen LogP contribution in [0.4, 0.5) is 3.89 Å². The van der Waals surface area contributed by atoms with E-state index in [0.717, 1.165) is 12.8 Å². The van der Waals surface area contributed by atoms with Gasteiger partial charge in [-0.3, -0.25) is 4.79 Å². The molecule has 80 valence electrons. The van der Waals surface area contributed by atoms with E-state index in [2.05, 4.69) is 0 Å². The van der Waals surface area contributed by atoms with E-state index >= 15 is 0 Å². The number of halogens is 1. The van der Waals surface area contributed by atoms with E-state index in [1.807, 2.05) is 0 Å². The fraction of sp³-hybridized carbons (Fsp3) is 0.875. The summed E-state index contributed by atoms with van der Waals surface area (Å²) in [4.78, 5) is 13.2. The number of amides is 1. The molecule has 1 atom stereocenters. The Balaban J connectivity index is 2.03. The number of hydrogen-bond donors (Lipinski definition) is 0. The van der Waals surface area contributed by atoms with Gasteiger partial charge in [0.1, 0.15) is 0 Å². The third-order valence-electron chi connectivity index (χ3n) is 2.78. The first-order valence-electron chi connectivity index (χ1n) is 4.55. The van der Waals surface area contributed by atoms with Crippen LogP contribution in [0.25, 0.3) is 0 Å². The van der Waals surface area contributed by atoms with Gasteiger partial charge in [0.05, 0.1) is 11.2 Å². The monoisotopic (exact) mass is 221 g/mol. The lowest BCUT2D eigenvalue weighted by Gasteiger charge is -2.46. The fourth-order valence-electron chi connectivity index (χ4n) is 1.94. The minimum absolute atomic E-state index is 0.221. The summed E-state index contributed by atoms with van der Waals surface area (Å²) in [6.07, 6.45) is 1.98. The van der Waals surface area contributed by atoms with Crippen LogP contribution in [0.1, 0.15) is 19.8 Å². The standard InChI is InChI=1S/C8H12FNO3S/c1-8(5-14(9,12)13)4-10(7(8)11)6-2-3-6/h6H,2-5H2,1H3. The van der Waals surface area contributed by atoms with Crippen LogP contribution < -0.4 is 0 Å². The van der Waals surface area contributed by atoms with E-state index in [1.165, 1.54) is 6.92 Å². The lowest BCUT2D eigenvalue weighted by molar-refractivity contribution is -0.157. The zero-order valence-electron chi connectivity index (χ0n) is 7.86. The van der Waals surface area contributed by atoms with Gasteiger partial charge in [0.2, 0.25) is 5.91 Å². The third-order valence-corrected chi connectivity index (χ3v) is 3.76. The van der Waals surface area contributed by atoms with Gasteiger partial charge in [-0.2, -0.15) is 8.42 Å². The Morgan fingerprint density at radius 3 is 2.50 bits per heavy atom. The molecule has 0 aromatic rings. The molecule has 2 fully saturated rings. The van der Waals surface area contributed by atoms with Gasteiger partial charge in [-0.25, -0.2) is 0 Å². The van der Waals surface area contributed by atoms with Crippen molar-refractivity contribution in [1.82, 2.24) is 4.90 Å². The average Bonchev–Trinajstić information content (AvgIpc) is 2.79. The second-order valence-electron chi connectivity index (χ2n) is 4.41. The van der Waals surface area contributed by atoms with Crippen LogP contribution in [0.3, 0.4) is 0 Å². The first kappa shape index (κ1) is 9.89. The molecule has 6 heteroatoms. The molecular formula is C8H12FNO3S. The number of β-lactam (4-membered cyclic amide) rings is 1. The summed E-state index contributed by atoms with van der Waals surface area (Å²) < 4.78 is 33.3. The number of nitrogens with zero attached hydrogens (tertiary/aromatic N) is 1. The highest BCUT2D eigenvalue weighted by atomic mass is 32.3. The molecule has 4 nitrogen and oxygen atoms in total. The number of carbonyl (C=O) groups is 1. The van der Waals surface area contributed by atoms with Gasteiger partial charge in [0, 0.05) is 12.6 Å². The molecule has 1 amide bonds. The predicted molar refractivity (Wildman–Crippen MR) is 47.7 cm³/mol. The van der Waals surface area contributed by atoms with E-state index in [4.69, 9.17) is 0 Å². The van der Waals surface area contributed by atoms with Gasteiger partial charge < -0.3 is 4.90 Å². The molecule has 14 heavy (non-hydrogen) atoms. The maximum Gasteiger partial charge on any atom is 0.303 e. The SMILES string of the molecule is CC1(CS(=O)(=O)F)CN(C2CC2)C1=O. The molecule has 0 aromatic carbocycles. The maximum atomic E-state index is 12.4. The van der Waals surface area contributed by atoms with Crippen molar-refractivity contribution in [1.29, 1.82) is 0 Å². The molecule has 0 N–H and O–H groups in total. The van der Waals surface area contributed by atoms with Gasteiger partial charge in [-0.05, 0) is 19.8 Å². The van der Waals surface area contributed by atoms with Gasteiger partial charge in [-0.15, -0.1) is 3.89 Å². The van der Waals surface area contributed by atoms with Gasteiger partial charge in [0.15, 0.2) is 0 Å². The van der Waals surface area contributed by atoms with Crippen molar-refractivity contribution in [3.63, 3.8) is 0 Å². The molecule has 1 heterocycles. The molecular weight excluding hydrogens is 209 g/mol. The van der Waals surface area contributed by atoms with E-state index in [9.17, 15) is 17.1 Å². The first-order valence-corrected chi connectivity index (χ1v) is 6.10. The van der Waals surface area contributed by atoms with Crippen LogP contribution in [-0.2, 0) is 15.0 Å². The molecule has 1 aliphatic carbocycles.